The third-order valence-electron chi connectivity index (χ3n) is 6.77. The van der Waals surface area contributed by atoms with Crippen LogP contribution in [-0.4, -0.2) is 49.8 Å². The molecule has 0 aliphatic carbocycles. The van der Waals surface area contributed by atoms with Crippen molar-refractivity contribution in [2.45, 2.75) is 52.7 Å². The first-order chi connectivity index (χ1) is 15.4. The number of aromatic nitrogens is 5. The standard InChI is InChI=1S/C24H31N7O/c1-15-7-23(27-17(3)26-15)30-10-18-8-20(14-30)22-6-5-19(24(32)31(22)11-18)12-29(4)13-21-9-25-28-16(21)2/h5-7,9,18,20H,8,10-14H2,1-4H3,(H,25,28)/t18-,20+/m0/s1. The summed E-state index contributed by atoms with van der Waals surface area (Å²) >= 11 is 0. The van der Waals surface area contributed by atoms with Crippen molar-refractivity contribution in [3.05, 3.63) is 68.8 Å². The molecule has 0 saturated carbocycles. The molecule has 0 aromatic carbocycles. The van der Waals surface area contributed by atoms with E-state index in [0.29, 0.717) is 18.4 Å². The highest BCUT2D eigenvalue weighted by Crippen LogP contribution is 2.36. The van der Waals surface area contributed by atoms with E-state index in [1.54, 1.807) is 0 Å². The molecule has 0 unspecified atom stereocenters. The fourth-order valence-corrected chi connectivity index (χ4v) is 5.33. The molecule has 2 aliphatic rings. The monoisotopic (exact) mass is 433 g/mol. The first-order valence-electron chi connectivity index (χ1n) is 11.3. The predicted octanol–water partition coefficient (Wildman–Crippen LogP) is 2.54. The molecular weight excluding hydrogens is 402 g/mol. The molecule has 8 heteroatoms. The van der Waals surface area contributed by atoms with Gasteiger partial charge in [-0.15, -0.1) is 0 Å². The van der Waals surface area contributed by atoms with Gasteiger partial charge in [-0.25, -0.2) is 9.97 Å². The van der Waals surface area contributed by atoms with Crippen LogP contribution in [0.25, 0.3) is 0 Å². The quantitative estimate of drug-likeness (QED) is 0.666. The highest BCUT2D eigenvalue weighted by atomic mass is 16.1. The van der Waals surface area contributed by atoms with Gasteiger partial charge in [0.2, 0.25) is 0 Å². The van der Waals surface area contributed by atoms with E-state index in [9.17, 15) is 4.79 Å². The number of aryl methyl sites for hydroxylation is 3. The average Bonchev–Trinajstić information content (AvgIpc) is 3.14. The largest absolute Gasteiger partial charge is 0.355 e. The number of nitrogens with zero attached hydrogens (tertiary/aromatic N) is 6. The van der Waals surface area contributed by atoms with Crippen LogP contribution in [-0.2, 0) is 19.6 Å². The van der Waals surface area contributed by atoms with Crippen molar-refractivity contribution in [2.24, 2.45) is 5.92 Å². The van der Waals surface area contributed by atoms with Crippen LogP contribution >= 0.6 is 0 Å². The van der Waals surface area contributed by atoms with Gasteiger partial charge >= 0.3 is 0 Å². The smallest absolute Gasteiger partial charge is 0.255 e. The first-order valence-corrected chi connectivity index (χ1v) is 11.3. The Balaban J connectivity index is 1.36. The number of rotatable bonds is 5. The minimum atomic E-state index is 0.162. The van der Waals surface area contributed by atoms with Crippen LogP contribution in [0, 0.1) is 26.7 Å². The Morgan fingerprint density at radius 3 is 2.66 bits per heavy atom. The van der Waals surface area contributed by atoms with Crippen LogP contribution < -0.4 is 10.5 Å². The minimum absolute atomic E-state index is 0.162. The Bertz CT molecular complexity index is 1180. The SMILES string of the molecule is Cc1cc(N2C[C@@H]3C[C@H](C2)c2ccc(CN(C)Cc4cn[nH]c4C)c(=O)n2C3)nc(C)n1. The van der Waals surface area contributed by atoms with Crippen molar-refractivity contribution in [3.63, 3.8) is 0 Å². The Morgan fingerprint density at radius 2 is 1.91 bits per heavy atom. The van der Waals surface area contributed by atoms with Gasteiger partial charge in [-0.1, -0.05) is 6.07 Å². The number of H-pyrrole nitrogens is 1. The van der Waals surface area contributed by atoms with Gasteiger partial charge in [0.1, 0.15) is 11.6 Å². The lowest BCUT2D eigenvalue weighted by molar-refractivity contribution is 0.276. The summed E-state index contributed by atoms with van der Waals surface area (Å²) in [6.07, 6.45) is 3.00. The third-order valence-corrected chi connectivity index (χ3v) is 6.77. The van der Waals surface area contributed by atoms with Crippen LogP contribution in [0.5, 0.6) is 0 Å². The van der Waals surface area contributed by atoms with Crippen LogP contribution in [0.4, 0.5) is 5.82 Å². The topological polar surface area (TPSA) is 82.9 Å². The number of hydrogen-bond acceptors (Lipinski definition) is 6. The van der Waals surface area contributed by atoms with E-state index in [0.717, 1.165) is 72.5 Å². The molecule has 0 radical (unpaired) electrons. The maximum atomic E-state index is 13.4. The summed E-state index contributed by atoms with van der Waals surface area (Å²) in [5.74, 6) is 2.63. The molecule has 3 aromatic heterocycles. The fourth-order valence-electron chi connectivity index (χ4n) is 5.33. The zero-order valence-corrected chi connectivity index (χ0v) is 19.3. The molecule has 168 valence electrons. The van der Waals surface area contributed by atoms with Crippen LogP contribution in [0.3, 0.4) is 0 Å². The van der Waals surface area contributed by atoms with Gasteiger partial charge in [0.05, 0.1) is 6.20 Å². The second-order valence-corrected chi connectivity index (χ2v) is 9.51. The van der Waals surface area contributed by atoms with Crippen LogP contribution in [0.1, 0.15) is 46.4 Å². The molecule has 5 heterocycles. The molecule has 2 atom stereocenters. The summed E-state index contributed by atoms with van der Waals surface area (Å²) in [4.78, 5) is 27.0. The summed E-state index contributed by atoms with van der Waals surface area (Å²) in [5, 5.41) is 7.08. The summed E-state index contributed by atoms with van der Waals surface area (Å²) < 4.78 is 2.04. The number of hydrogen-bond donors (Lipinski definition) is 1. The Morgan fingerprint density at radius 1 is 1.09 bits per heavy atom. The molecule has 0 amide bonds. The lowest BCUT2D eigenvalue weighted by atomic mass is 9.83. The maximum absolute atomic E-state index is 13.4. The van der Waals surface area contributed by atoms with Gasteiger partial charge in [0, 0.05) is 72.9 Å². The highest BCUT2D eigenvalue weighted by Gasteiger charge is 2.35. The van der Waals surface area contributed by atoms with Crippen molar-refractivity contribution in [3.8, 4) is 0 Å². The van der Waals surface area contributed by atoms with Crippen molar-refractivity contribution in [2.75, 3.05) is 25.0 Å². The average molecular weight is 434 g/mol. The molecule has 1 N–H and O–H groups in total. The van der Waals surface area contributed by atoms with Crippen LogP contribution in [0.2, 0.25) is 0 Å². The lowest BCUT2D eigenvalue weighted by Crippen LogP contribution is -2.48. The third kappa shape index (κ3) is 3.95. The zero-order valence-electron chi connectivity index (χ0n) is 19.3. The van der Waals surface area contributed by atoms with E-state index in [2.05, 4.69) is 42.1 Å². The molecule has 2 aliphatic heterocycles. The zero-order chi connectivity index (χ0) is 22.4. The number of piperidine rings is 1. The number of pyridine rings is 1. The van der Waals surface area contributed by atoms with Gasteiger partial charge < -0.3 is 9.47 Å². The molecule has 2 bridgehead atoms. The predicted molar refractivity (Wildman–Crippen MR) is 124 cm³/mol. The molecular formula is C24H31N7O. The van der Waals surface area contributed by atoms with E-state index in [1.807, 2.05) is 44.6 Å². The Kier molecular flexibility index (Phi) is 5.33. The molecule has 3 aromatic rings. The Labute approximate surface area is 188 Å². The highest BCUT2D eigenvalue weighted by molar-refractivity contribution is 5.42. The van der Waals surface area contributed by atoms with Gasteiger partial charge in [-0.05, 0) is 46.2 Å². The Hall–Kier alpha value is -3.00. The van der Waals surface area contributed by atoms with Gasteiger partial charge in [0.25, 0.3) is 5.56 Å². The van der Waals surface area contributed by atoms with Gasteiger partial charge in [0.15, 0.2) is 0 Å². The van der Waals surface area contributed by atoms with E-state index in [-0.39, 0.29) is 5.56 Å². The molecule has 5 rings (SSSR count). The van der Waals surface area contributed by atoms with E-state index in [1.165, 1.54) is 0 Å². The number of aromatic amines is 1. The van der Waals surface area contributed by atoms with E-state index >= 15 is 0 Å². The second-order valence-electron chi connectivity index (χ2n) is 9.51. The molecule has 32 heavy (non-hydrogen) atoms. The van der Waals surface area contributed by atoms with E-state index < -0.39 is 0 Å². The fraction of sp³-hybridized carbons (Fsp3) is 0.500. The normalized spacial score (nSPS) is 20.0. The van der Waals surface area contributed by atoms with Crippen LogP contribution in [0.15, 0.2) is 29.2 Å². The maximum Gasteiger partial charge on any atom is 0.255 e. The molecule has 1 saturated heterocycles. The number of nitrogens with one attached hydrogen (secondary N) is 1. The molecule has 0 spiro atoms. The van der Waals surface area contributed by atoms with Gasteiger partial charge in [-0.3, -0.25) is 14.8 Å². The summed E-state index contributed by atoms with van der Waals surface area (Å²) in [7, 11) is 2.05. The summed E-state index contributed by atoms with van der Waals surface area (Å²) in [5.41, 5.74) is 5.42. The minimum Gasteiger partial charge on any atom is -0.355 e. The van der Waals surface area contributed by atoms with Gasteiger partial charge in [-0.2, -0.15) is 5.10 Å². The van der Waals surface area contributed by atoms with Crippen molar-refractivity contribution < 1.29 is 0 Å². The van der Waals surface area contributed by atoms with Crippen molar-refractivity contribution in [1.82, 2.24) is 29.6 Å². The molecule has 8 nitrogen and oxygen atoms in total. The number of anilines is 1. The number of fused-ring (bicyclic) bond motifs is 4. The van der Waals surface area contributed by atoms with Crippen molar-refractivity contribution in [1.29, 1.82) is 0 Å². The molecule has 1 fully saturated rings. The summed E-state index contributed by atoms with van der Waals surface area (Å²) in [6.45, 7) is 9.99. The first kappa shape index (κ1) is 20.9. The lowest BCUT2D eigenvalue weighted by Gasteiger charge is -2.43. The van der Waals surface area contributed by atoms with Crippen molar-refractivity contribution >= 4 is 5.82 Å². The van der Waals surface area contributed by atoms with E-state index in [4.69, 9.17) is 0 Å². The second kappa shape index (κ2) is 8.16. The summed E-state index contributed by atoms with van der Waals surface area (Å²) in [6, 6.07) is 6.28.